The number of carbonyl (C=O) groups is 2. The molecule has 0 unspecified atom stereocenters. The fourth-order valence-corrected chi connectivity index (χ4v) is 2.17. The number of benzene rings is 1. The molecule has 0 saturated carbocycles. The Hall–Kier alpha value is -1.92. The van der Waals surface area contributed by atoms with E-state index < -0.39 is 18.1 Å². The van der Waals surface area contributed by atoms with Crippen molar-refractivity contribution in [3.8, 4) is 0 Å². The maximum atomic E-state index is 11.9. The third-order valence-electron chi connectivity index (χ3n) is 3.50. The Balaban J connectivity index is 2.19. The highest BCUT2D eigenvalue weighted by Crippen LogP contribution is 2.03. The minimum Gasteiger partial charge on any atom is -0.480 e. The van der Waals surface area contributed by atoms with Crippen LogP contribution in [-0.2, 0) is 16.0 Å². The Morgan fingerprint density at radius 3 is 2.50 bits per heavy atom. The summed E-state index contributed by atoms with van der Waals surface area (Å²) in [5, 5.41) is 14.4. The summed E-state index contributed by atoms with van der Waals surface area (Å²) in [7, 11) is 1.63. The van der Waals surface area contributed by atoms with Crippen LogP contribution in [0, 0.1) is 0 Å². The zero-order valence-corrected chi connectivity index (χ0v) is 12.9. The van der Waals surface area contributed by atoms with Gasteiger partial charge in [-0.05, 0) is 38.3 Å². The van der Waals surface area contributed by atoms with Gasteiger partial charge in [0.1, 0.15) is 6.04 Å². The van der Waals surface area contributed by atoms with Crippen LogP contribution >= 0.6 is 0 Å². The predicted octanol–water partition coefficient (Wildman–Crippen LogP) is 0.516. The molecule has 1 rings (SSSR count). The zero-order valence-electron chi connectivity index (χ0n) is 12.9. The molecule has 0 spiro atoms. The van der Waals surface area contributed by atoms with Crippen molar-refractivity contribution in [2.45, 2.75) is 37.8 Å². The number of carbonyl (C=O) groups excluding carboxylic acids is 1. The van der Waals surface area contributed by atoms with Crippen LogP contribution in [0.15, 0.2) is 30.3 Å². The van der Waals surface area contributed by atoms with Crippen LogP contribution in [0.4, 0.5) is 0 Å². The van der Waals surface area contributed by atoms with Gasteiger partial charge < -0.3 is 21.5 Å². The first-order valence-electron chi connectivity index (χ1n) is 7.52. The van der Waals surface area contributed by atoms with Crippen LogP contribution in [0.25, 0.3) is 0 Å². The van der Waals surface area contributed by atoms with E-state index in [0.717, 1.165) is 18.4 Å². The van der Waals surface area contributed by atoms with Gasteiger partial charge in [0.2, 0.25) is 5.91 Å². The van der Waals surface area contributed by atoms with Crippen molar-refractivity contribution < 1.29 is 14.7 Å². The second kappa shape index (κ2) is 9.92. The number of likely N-dealkylation sites (N-methyl/N-ethyl adjacent to an activating group) is 1. The number of carboxylic acid groups (broad SMARTS) is 1. The maximum absolute atomic E-state index is 11.9. The fraction of sp³-hybridized carbons (Fsp3) is 0.500. The fourth-order valence-electron chi connectivity index (χ4n) is 2.17. The Bertz CT molecular complexity index is 465. The van der Waals surface area contributed by atoms with E-state index in [1.807, 2.05) is 30.3 Å². The normalized spacial score (nSPS) is 13.4. The first kappa shape index (κ1) is 18.1. The highest BCUT2D eigenvalue weighted by atomic mass is 16.4. The van der Waals surface area contributed by atoms with Crippen LogP contribution in [0.5, 0.6) is 0 Å². The van der Waals surface area contributed by atoms with Gasteiger partial charge in [-0.3, -0.25) is 9.59 Å². The Kier molecular flexibility index (Phi) is 8.17. The van der Waals surface area contributed by atoms with E-state index in [-0.39, 0.29) is 5.91 Å². The zero-order chi connectivity index (χ0) is 16.4. The van der Waals surface area contributed by atoms with Crippen LogP contribution in [0.3, 0.4) is 0 Å². The second-order valence-corrected chi connectivity index (χ2v) is 5.26. The van der Waals surface area contributed by atoms with Crippen LogP contribution in [0.1, 0.15) is 24.8 Å². The monoisotopic (exact) mass is 307 g/mol. The average molecular weight is 307 g/mol. The molecule has 0 saturated heterocycles. The van der Waals surface area contributed by atoms with E-state index >= 15 is 0 Å². The molecule has 1 amide bonds. The molecular formula is C16H25N3O3. The Morgan fingerprint density at radius 2 is 1.91 bits per heavy atom. The van der Waals surface area contributed by atoms with Crippen molar-refractivity contribution in [3.63, 3.8) is 0 Å². The number of hydrogen-bond donors (Lipinski definition) is 4. The molecule has 6 heteroatoms. The number of nitrogens with two attached hydrogens (primary N) is 1. The minimum atomic E-state index is -0.851. The highest BCUT2D eigenvalue weighted by molar-refractivity contribution is 5.81. The van der Waals surface area contributed by atoms with Crippen molar-refractivity contribution in [2.24, 2.45) is 5.73 Å². The molecule has 0 aromatic heterocycles. The second-order valence-electron chi connectivity index (χ2n) is 5.26. The van der Waals surface area contributed by atoms with Gasteiger partial charge in [-0.2, -0.15) is 0 Å². The molecule has 0 aliphatic rings. The summed E-state index contributed by atoms with van der Waals surface area (Å²) < 4.78 is 0. The lowest BCUT2D eigenvalue weighted by Gasteiger charge is -2.13. The van der Waals surface area contributed by atoms with Gasteiger partial charge >= 0.3 is 5.97 Å². The van der Waals surface area contributed by atoms with E-state index in [9.17, 15) is 9.59 Å². The molecule has 2 atom stereocenters. The van der Waals surface area contributed by atoms with E-state index in [2.05, 4.69) is 10.6 Å². The van der Waals surface area contributed by atoms with Crippen molar-refractivity contribution in [1.82, 2.24) is 10.6 Å². The molecule has 0 radical (unpaired) electrons. The molecule has 122 valence electrons. The molecule has 6 nitrogen and oxygen atoms in total. The lowest BCUT2D eigenvalue weighted by molar-refractivity contribution is -0.139. The number of unbranched alkanes of at least 4 members (excludes halogenated alkanes) is 1. The van der Waals surface area contributed by atoms with Crippen molar-refractivity contribution in [3.05, 3.63) is 35.9 Å². The van der Waals surface area contributed by atoms with Crippen molar-refractivity contribution >= 4 is 11.9 Å². The van der Waals surface area contributed by atoms with Gasteiger partial charge in [0.05, 0.1) is 6.04 Å². The standard InChI is InChI=1S/C16H25N3O3/c1-18-14(16(21)22)9-5-6-10-19-15(20)13(17)11-12-7-3-2-4-8-12/h2-4,7-8,13-14,18H,5-6,9-11,17H2,1H3,(H,19,20)(H,21,22)/t13-,14+/m1/s1. The number of amides is 1. The summed E-state index contributed by atoms with van der Waals surface area (Å²) in [6.45, 7) is 0.511. The lowest BCUT2D eigenvalue weighted by atomic mass is 10.1. The number of nitrogens with one attached hydrogen (secondary N) is 2. The number of hydrogen-bond acceptors (Lipinski definition) is 4. The lowest BCUT2D eigenvalue weighted by Crippen LogP contribution is -2.42. The Labute approximate surface area is 131 Å². The summed E-state index contributed by atoms with van der Waals surface area (Å²) in [6, 6.07) is 8.54. The molecule has 0 aliphatic carbocycles. The Morgan fingerprint density at radius 1 is 1.23 bits per heavy atom. The quantitative estimate of drug-likeness (QED) is 0.472. The number of aliphatic carboxylic acids is 1. The minimum absolute atomic E-state index is 0.174. The van der Waals surface area contributed by atoms with Crippen LogP contribution in [0.2, 0.25) is 0 Å². The van der Waals surface area contributed by atoms with E-state index in [4.69, 9.17) is 10.8 Å². The smallest absolute Gasteiger partial charge is 0.320 e. The third-order valence-corrected chi connectivity index (χ3v) is 3.50. The third kappa shape index (κ3) is 6.69. The maximum Gasteiger partial charge on any atom is 0.320 e. The van der Waals surface area contributed by atoms with Gasteiger partial charge in [-0.25, -0.2) is 0 Å². The summed E-state index contributed by atoms with van der Waals surface area (Å²) in [5.41, 5.74) is 6.90. The van der Waals surface area contributed by atoms with E-state index in [0.29, 0.717) is 19.4 Å². The molecule has 22 heavy (non-hydrogen) atoms. The van der Waals surface area contributed by atoms with Crippen LogP contribution < -0.4 is 16.4 Å². The summed E-state index contributed by atoms with van der Waals surface area (Å²) >= 11 is 0. The average Bonchev–Trinajstić information content (AvgIpc) is 2.51. The van der Waals surface area contributed by atoms with Gasteiger partial charge in [0, 0.05) is 6.54 Å². The largest absolute Gasteiger partial charge is 0.480 e. The molecule has 1 aromatic carbocycles. The summed E-state index contributed by atoms with van der Waals surface area (Å²) in [4.78, 5) is 22.7. The topological polar surface area (TPSA) is 104 Å². The van der Waals surface area contributed by atoms with Crippen molar-refractivity contribution in [1.29, 1.82) is 0 Å². The predicted molar refractivity (Wildman–Crippen MR) is 85.5 cm³/mol. The number of carboxylic acids is 1. The van der Waals surface area contributed by atoms with Gasteiger partial charge in [0.15, 0.2) is 0 Å². The molecule has 5 N–H and O–H groups in total. The highest BCUT2D eigenvalue weighted by Gasteiger charge is 2.15. The summed E-state index contributed by atoms with van der Waals surface area (Å²) in [6.07, 6.45) is 2.51. The first-order valence-corrected chi connectivity index (χ1v) is 7.52. The molecule has 0 fully saturated rings. The van der Waals surface area contributed by atoms with Gasteiger partial charge in [0.25, 0.3) is 0 Å². The van der Waals surface area contributed by atoms with Crippen molar-refractivity contribution in [2.75, 3.05) is 13.6 Å². The molecular weight excluding hydrogens is 282 g/mol. The molecule has 1 aromatic rings. The van der Waals surface area contributed by atoms with Gasteiger partial charge in [-0.15, -0.1) is 0 Å². The molecule has 0 aliphatic heterocycles. The molecule has 0 bridgehead atoms. The van der Waals surface area contributed by atoms with Gasteiger partial charge in [-0.1, -0.05) is 30.3 Å². The first-order chi connectivity index (χ1) is 10.5. The number of rotatable bonds is 10. The van der Waals surface area contributed by atoms with Crippen LogP contribution in [-0.4, -0.2) is 42.7 Å². The summed E-state index contributed by atoms with van der Waals surface area (Å²) in [5.74, 6) is -1.02. The molecule has 0 heterocycles. The van der Waals surface area contributed by atoms with E-state index in [1.54, 1.807) is 7.05 Å². The SMILES string of the molecule is CN[C@@H](CCCCNC(=O)[C@H](N)Cc1ccccc1)C(=O)O. The van der Waals surface area contributed by atoms with E-state index in [1.165, 1.54) is 0 Å².